The lowest BCUT2D eigenvalue weighted by Gasteiger charge is -2.29. The van der Waals surface area contributed by atoms with Gasteiger partial charge in [0.15, 0.2) is 0 Å². The Morgan fingerprint density at radius 3 is 2.70 bits per heavy atom. The highest BCUT2D eigenvalue weighted by molar-refractivity contribution is 5.84. The summed E-state index contributed by atoms with van der Waals surface area (Å²) in [5.41, 5.74) is 15.3. The molecule has 0 bridgehead atoms. The number of rotatable bonds is 2. The number of nitrogens with zero attached hydrogens (tertiary/aromatic N) is 2. The highest BCUT2D eigenvalue weighted by Gasteiger charge is 2.24. The number of carbonyl (C=O) groups excluding carboxylic acids is 1. The molecule has 0 atom stereocenters. The normalized spacial score (nSPS) is 16.3. The number of pyridine rings is 1. The third kappa shape index (κ3) is 4.07. The van der Waals surface area contributed by atoms with E-state index in [4.69, 9.17) is 10.5 Å². The van der Waals surface area contributed by atoms with Gasteiger partial charge in [-0.15, -0.1) is 0 Å². The van der Waals surface area contributed by atoms with Gasteiger partial charge in [0.1, 0.15) is 5.60 Å². The molecule has 1 aliphatic heterocycles. The first kappa shape index (κ1) is 20.5. The number of nitrogens with two attached hydrogens (primary N) is 1. The topological polar surface area (TPSA) is 68.5 Å². The number of aryl methyl sites for hydroxylation is 2. The molecule has 4 rings (SSSR count). The summed E-state index contributed by atoms with van der Waals surface area (Å²) in [6, 6.07) is 6.47. The first-order valence-electron chi connectivity index (χ1n) is 10.8. The van der Waals surface area contributed by atoms with Crippen LogP contribution < -0.4 is 5.73 Å². The number of carbonyl (C=O) groups is 1. The van der Waals surface area contributed by atoms with Crippen molar-refractivity contribution in [1.82, 2.24) is 9.88 Å². The Labute approximate surface area is 178 Å². The average molecular weight is 406 g/mol. The van der Waals surface area contributed by atoms with Crippen molar-refractivity contribution in [3.8, 4) is 11.1 Å². The molecular weight excluding hydrogens is 374 g/mol. The van der Waals surface area contributed by atoms with Gasteiger partial charge in [0, 0.05) is 30.5 Å². The fourth-order valence-corrected chi connectivity index (χ4v) is 4.47. The zero-order valence-corrected chi connectivity index (χ0v) is 18.4. The predicted octanol–water partition coefficient (Wildman–Crippen LogP) is 5.15. The minimum atomic E-state index is -0.482. The van der Waals surface area contributed by atoms with E-state index in [-0.39, 0.29) is 6.09 Å². The van der Waals surface area contributed by atoms with Gasteiger partial charge < -0.3 is 15.4 Å². The summed E-state index contributed by atoms with van der Waals surface area (Å²) in [5, 5.41) is 0. The largest absolute Gasteiger partial charge is 0.444 e. The van der Waals surface area contributed by atoms with Gasteiger partial charge in [0.05, 0.1) is 5.69 Å². The van der Waals surface area contributed by atoms with E-state index in [9.17, 15) is 4.79 Å². The Hall–Kier alpha value is -2.82. The molecule has 2 aromatic rings. The third-order valence-electron chi connectivity index (χ3n) is 5.88. The van der Waals surface area contributed by atoms with Crippen molar-refractivity contribution in [2.24, 2.45) is 0 Å². The van der Waals surface area contributed by atoms with Crippen molar-refractivity contribution in [3.63, 3.8) is 0 Å². The van der Waals surface area contributed by atoms with Crippen LogP contribution in [0.5, 0.6) is 0 Å². The summed E-state index contributed by atoms with van der Waals surface area (Å²) in [4.78, 5) is 18.7. The summed E-state index contributed by atoms with van der Waals surface area (Å²) < 4.78 is 5.49. The van der Waals surface area contributed by atoms with Crippen LogP contribution in [0, 0.1) is 6.92 Å². The molecule has 0 saturated heterocycles. The summed E-state index contributed by atoms with van der Waals surface area (Å²) in [6.07, 6.45) is 7.82. The second kappa shape index (κ2) is 7.78. The Morgan fingerprint density at radius 2 is 2.00 bits per heavy atom. The summed E-state index contributed by atoms with van der Waals surface area (Å²) in [7, 11) is 0. The molecule has 1 amide bonds. The maximum absolute atomic E-state index is 12.3. The smallest absolute Gasteiger partial charge is 0.410 e. The molecule has 0 fully saturated rings. The van der Waals surface area contributed by atoms with E-state index in [1.165, 1.54) is 23.1 Å². The molecule has 1 aromatic heterocycles. The van der Waals surface area contributed by atoms with Gasteiger partial charge in [0.2, 0.25) is 0 Å². The lowest BCUT2D eigenvalue weighted by Crippen LogP contribution is -2.39. The van der Waals surface area contributed by atoms with Crippen molar-refractivity contribution < 1.29 is 9.53 Å². The first-order valence-corrected chi connectivity index (χ1v) is 10.8. The van der Waals surface area contributed by atoms with Crippen LogP contribution in [0.15, 0.2) is 30.5 Å². The fraction of sp³-hybridized carbons (Fsp3) is 0.440. The van der Waals surface area contributed by atoms with Crippen molar-refractivity contribution >= 4 is 17.4 Å². The standard InChI is InChI=1S/C25H31N3O2/c1-16-14-18-6-5-7-20(18)23(26)22(16)19-8-11-27-21(15-19)17-9-12-28(13-10-17)24(29)30-25(2,3)4/h8-9,11,14-15H,5-7,10,12-13,26H2,1-4H3. The van der Waals surface area contributed by atoms with Crippen LogP contribution in [0.4, 0.5) is 10.5 Å². The monoisotopic (exact) mass is 405 g/mol. The van der Waals surface area contributed by atoms with Crippen LogP contribution in [0.2, 0.25) is 0 Å². The van der Waals surface area contributed by atoms with Crippen LogP contribution in [0.25, 0.3) is 16.7 Å². The minimum absolute atomic E-state index is 0.263. The molecule has 1 aliphatic carbocycles. The van der Waals surface area contributed by atoms with Crippen molar-refractivity contribution in [2.75, 3.05) is 18.8 Å². The maximum Gasteiger partial charge on any atom is 0.410 e. The predicted molar refractivity (Wildman–Crippen MR) is 121 cm³/mol. The van der Waals surface area contributed by atoms with Crippen LogP contribution in [-0.4, -0.2) is 34.7 Å². The molecule has 2 heterocycles. The van der Waals surface area contributed by atoms with Crippen molar-refractivity contribution in [3.05, 3.63) is 52.9 Å². The van der Waals surface area contributed by atoms with E-state index < -0.39 is 5.60 Å². The number of benzene rings is 1. The molecule has 30 heavy (non-hydrogen) atoms. The van der Waals surface area contributed by atoms with Crippen molar-refractivity contribution in [2.45, 2.75) is 59.0 Å². The Bertz CT molecular complexity index is 1020. The SMILES string of the molecule is Cc1cc2c(c(N)c1-c1ccnc(C3=CCN(C(=O)OC(C)(C)C)CC3)c1)CCC2. The van der Waals surface area contributed by atoms with Gasteiger partial charge in [-0.2, -0.15) is 0 Å². The van der Waals surface area contributed by atoms with E-state index in [2.05, 4.69) is 30.1 Å². The Morgan fingerprint density at radius 1 is 1.20 bits per heavy atom. The zero-order valence-electron chi connectivity index (χ0n) is 18.4. The highest BCUT2D eigenvalue weighted by atomic mass is 16.6. The highest BCUT2D eigenvalue weighted by Crippen LogP contribution is 2.38. The molecule has 1 aromatic carbocycles. The lowest BCUT2D eigenvalue weighted by molar-refractivity contribution is 0.0270. The Kier molecular flexibility index (Phi) is 5.31. The summed E-state index contributed by atoms with van der Waals surface area (Å²) in [5.74, 6) is 0. The van der Waals surface area contributed by atoms with E-state index in [1.54, 1.807) is 4.90 Å². The van der Waals surface area contributed by atoms with Gasteiger partial charge in [-0.05, 0) is 93.3 Å². The summed E-state index contributed by atoms with van der Waals surface area (Å²) in [6.45, 7) is 8.97. The number of hydrogen-bond donors (Lipinski definition) is 1. The zero-order chi connectivity index (χ0) is 21.5. The van der Waals surface area contributed by atoms with E-state index in [1.807, 2.05) is 33.0 Å². The van der Waals surface area contributed by atoms with E-state index >= 15 is 0 Å². The number of aromatic nitrogens is 1. The van der Waals surface area contributed by atoms with Crippen LogP contribution in [-0.2, 0) is 17.6 Å². The number of fused-ring (bicyclic) bond motifs is 1. The summed E-state index contributed by atoms with van der Waals surface area (Å²) >= 11 is 0. The third-order valence-corrected chi connectivity index (χ3v) is 5.88. The Balaban J connectivity index is 1.58. The van der Waals surface area contributed by atoms with E-state index in [0.29, 0.717) is 13.1 Å². The molecular formula is C25H31N3O2. The molecule has 0 radical (unpaired) electrons. The first-order chi connectivity index (χ1) is 14.2. The second-order valence-corrected chi connectivity index (χ2v) is 9.31. The van der Waals surface area contributed by atoms with Gasteiger partial charge >= 0.3 is 6.09 Å². The van der Waals surface area contributed by atoms with Crippen LogP contribution in [0.1, 0.15) is 56.0 Å². The van der Waals surface area contributed by atoms with Crippen LogP contribution in [0.3, 0.4) is 0 Å². The number of nitrogen functional groups attached to an aromatic ring is 1. The number of hydrogen-bond acceptors (Lipinski definition) is 4. The molecule has 158 valence electrons. The fourth-order valence-electron chi connectivity index (χ4n) is 4.47. The molecule has 5 nitrogen and oxygen atoms in total. The molecule has 2 aliphatic rings. The van der Waals surface area contributed by atoms with E-state index in [0.717, 1.165) is 47.3 Å². The van der Waals surface area contributed by atoms with Gasteiger partial charge in [0.25, 0.3) is 0 Å². The number of anilines is 1. The molecule has 2 N–H and O–H groups in total. The minimum Gasteiger partial charge on any atom is -0.444 e. The average Bonchev–Trinajstić information content (AvgIpc) is 3.16. The van der Waals surface area contributed by atoms with Crippen LogP contribution >= 0.6 is 0 Å². The molecule has 0 unspecified atom stereocenters. The maximum atomic E-state index is 12.3. The quantitative estimate of drug-likeness (QED) is 0.702. The van der Waals surface area contributed by atoms with Crippen molar-refractivity contribution in [1.29, 1.82) is 0 Å². The second-order valence-electron chi connectivity index (χ2n) is 9.31. The number of ether oxygens (including phenoxy) is 1. The van der Waals surface area contributed by atoms with Gasteiger partial charge in [-0.3, -0.25) is 4.98 Å². The number of amides is 1. The van der Waals surface area contributed by atoms with Gasteiger partial charge in [-0.1, -0.05) is 12.1 Å². The molecule has 5 heteroatoms. The lowest BCUT2D eigenvalue weighted by atomic mass is 9.92. The molecule has 0 spiro atoms. The molecule has 0 saturated carbocycles. The van der Waals surface area contributed by atoms with Gasteiger partial charge in [-0.25, -0.2) is 4.79 Å².